The van der Waals surface area contributed by atoms with Crippen LogP contribution in [-0.2, 0) is 0 Å². The molecule has 14 heavy (non-hydrogen) atoms. The van der Waals surface area contributed by atoms with Crippen molar-refractivity contribution in [1.29, 1.82) is 0 Å². The molecule has 3 aliphatic rings. The Kier molecular flexibility index (Phi) is 1.81. The largest absolute Gasteiger partial charge is 0.393 e. The number of aliphatic hydroxyl groups excluding tert-OH is 1. The van der Waals surface area contributed by atoms with E-state index in [2.05, 4.69) is 13.8 Å². The van der Waals surface area contributed by atoms with Crippen LogP contribution in [0.25, 0.3) is 0 Å². The molecule has 1 nitrogen and oxygen atoms in total. The first-order valence-corrected chi connectivity index (χ1v) is 6.33. The van der Waals surface area contributed by atoms with Crippen LogP contribution in [0.1, 0.15) is 46.0 Å². The van der Waals surface area contributed by atoms with Gasteiger partial charge in [-0.25, -0.2) is 0 Å². The van der Waals surface area contributed by atoms with Gasteiger partial charge < -0.3 is 5.11 Å². The molecule has 0 saturated heterocycles. The summed E-state index contributed by atoms with van der Waals surface area (Å²) in [4.78, 5) is 0. The second-order valence-electron chi connectivity index (χ2n) is 6.17. The zero-order chi connectivity index (χ0) is 9.92. The van der Waals surface area contributed by atoms with Gasteiger partial charge in [-0.1, -0.05) is 13.8 Å². The van der Waals surface area contributed by atoms with E-state index in [9.17, 15) is 5.11 Å². The molecule has 1 N–H and O–H groups in total. The minimum atomic E-state index is 0.0147. The van der Waals surface area contributed by atoms with Crippen LogP contribution in [0.2, 0.25) is 0 Å². The highest BCUT2D eigenvalue weighted by Crippen LogP contribution is 2.65. The van der Waals surface area contributed by atoms with Crippen LogP contribution in [0, 0.1) is 29.1 Å². The third-order valence-electron chi connectivity index (χ3n) is 5.91. The third kappa shape index (κ3) is 0.900. The molecule has 0 aliphatic heterocycles. The fraction of sp³-hybridized carbons (Fsp3) is 1.00. The average molecular weight is 194 g/mol. The van der Waals surface area contributed by atoms with Crippen molar-refractivity contribution in [2.24, 2.45) is 29.1 Å². The van der Waals surface area contributed by atoms with Gasteiger partial charge in [-0.15, -0.1) is 0 Å². The topological polar surface area (TPSA) is 20.2 Å². The van der Waals surface area contributed by atoms with Crippen molar-refractivity contribution in [3.8, 4) is 0 Å². The van der Waals surface area contributed by atoms with E-state index >= 15 is 0 Å². The number of hydrogen-bond donors (Lipinski definition) is 1. The minimum absolute atomic E-state index is 0.0147. The Bertz CT molecular complexity index is 250. The summed E-state index contributed by atoms with van der Waals surface area (Å²) in [6.07, 6.45) is 6.85. The zero-order valence-electron chi connectivity index (χ0n) is 9.37. The van der Waals surface area contributed by atoms with Gasteiger partial charge in [-0.05, 0) is 61.2 Å². The average Bonchev–Trinajstić information content (AvgIpc) is 2.71. The van der Waals surface area contributed by atoms with E-state index in [4.69, 9.17) is 0 Å². The van der Waals surface area contributed by atoms with E-state index in [1.807, 2.05) is 0 Å². The van der Waals surface area contributed by atoms with Gasteiger partial charge in [-0.3, -0.25) is 0 Å². The molecule has 3 fully saturated rings. The van der Waals surface area contributed by atoms with E-state index in [0.29, 0.717) is 17.3 Å². The predicted molar refractivity (Wildman–Crippen MR) is 56.8 cm³/mol. The summed E-state index contributed by atoms with van der Waals surface area (Å²) < 4.78 is 0. The molecule has 0 amide bonds. The van der Waals surface area contributed by atoms with Crippen molar-refractivity contribution in [3.05, 3.63) is 0 Å². The minimum Gasteiger partial charge on any atom is -0.393 e. The molecule has 0 aromatic heterocycles. The number of hydrogen-bond acceptors (Lipinski definition) is 1. The smallest absolute Gasteiger partial charge is 0.0596 e. The molecule has 1 spiro atoms. The lowest BCUT2D eigenvalue weighted by Crippen LogP contribution is -2.43. The highest BCUT2D eigenvalue weighted by molar-refractivity contribution is 5.08. The summed E-state index contributed by atoms with van der Waals surface area (Å²) in [6, 6.07) is 0. The molecule has 2 bridgehead atoms. The molecule has 3 rings (SSSR count). The van der Waals surface area contributed by atoms with E-state index in [1.165, 1.54) is 32.1 Å². The summed E-state index contributed by atoms with van der Waals surface area (Å²) >= 11 is 0. The van der Waals surface area contributed by atoms with Gasteiger partial charge in [0.1, 0.15) is 0 Å². The third-order valence-corrected chi connectivity index (χ3v) is 5.91. The SMILES string of the molecule is C[C@H]1[C@H](O)[C@H]2CC[C@@]3(C2)[C@H](C)CC[C@@H]13. The molecule has 0 radical (unpaired) electrons. The fourth-order valence-electron chi connectivity index (χ4n) is 5.05. The molecule has 0 aromatic rings. The Labute approximate surface area is 86.9 Å². The van der Waals surface area contributed by atoms with Crippen LogP contribution in [-0.4, -0.2) is 11.2 Å². The van der Waals surface area contributed by atoms with Crippen LogP contribution in [0.5, 0.6) is 0 Å². The normalized spacial score (nSPS) is 61.5. The Morgan fingerprint density at radius 1 is 1.14 bits per heavy atom. The Balaban J connectivity index is 1.99. The highest BCUT2D eigenvalue weighted by atomic mass is 16.3. The Morgan fingerprint density at radius 2 is 1.93 bits per heavy atom. The van der Waals surface area contributed by atoms with Gasteiger partial charge in [0.25, 0.3) is 0 Å². The van der Waals surface area contributed by atoms with Crippen LogP contribution in [0.4, 0.5) is 0 Å². The van der Waals surface area contributed by atoms with Crippen molar-refractivity contribution >= 4 is 0 Å². The summed E-state index contributed by atoms with van der Waals surface area (Å²) in [5.41, 5.74) is 0.656. The second kappa shape index (κ2) is 2.75. The van der Waals surface area contributed by atoms with Crippen molar-refractivity contribution < 1.29 is 5.11 Å². The van der Waals surface area contributed by atoms with Crippen LogP contribution < -0.4 is 0 Å². The van der Waals surface area contributed by atoms with Crippen molar-refractivity contribution in [3.63, 3.8) is 0 Å². The number of aliphatic hydroxyl groups is 1. The first kappa shape index (κ1) is 9.21. The molecular weight excluding hydrogens is 172 g/mol. The van der Waals surface area contributed by atoms with Crippen molar-refractivity contribution in [2.75, 3.05) is 0 Å². The van der Waals surface area contributed by atoms with E-state index < -0.39 is 0 Å². The molecule has 3 aliphatic carbocycles. The van der Waals surface area contributed by atoms with Gasteiger partial charge in [0.05, 0.1) is 6.10 Å². The van der Waals surface area contributed by atoms with Gasteiger partial charge in [0.15, 0.2) is 0 Å². The van der Waals surface area contributed by atoms with E-state index in [-0.39, 0.29) is 6.10 Å². The van der Waals surface area contributed by atoms with E-state index in [1.54, 1.807) is 0 Å². The molecule has 80 valence electrons. The second-order valence-corrected chi connectivity index (χ2v) is 6.17. The van der Waals surface area contributed by atoms with E-state index in [0.717, 1.165) is 11.8 Å². The number of rotatable bonds is 0. The van der Waals surface area contributed by atoms with Crippen LogP contribution in [0.3, 0.4) is 0 Å². The first-order chi connectivity index (χ1) is 6.65. The summed E-state index contributed by atoms with van der Waals surface area (Å²) in [6.45, 7) is 4.74. The lowest BCUT2D eigenvalue weighted by molar-refractivity contribution is -0.0425. The highest BCUT2D eigenvalue weighted by Gasteiger charge is 2.59. The van der Waals surface area contributed by atoms with Gasteiger partial charge >= 0.3 is 0 Å². The lowest BCUT2D eigenvalue weighted by atomic mass is 9.61. The predicted octanol–water partition coefficient (Wildman–Crippen LogP) is 2.83. The summed E-state index contributed by atoms with van der Waals surface area (Å²) in [5.74, 6) is 2.97. The van der Waals surface area contributed by atoms with Crippen LogP contribution in [0.15, 0.2) is 0 Å². The summed E-state index contributed by atoms with van der Waals surface area (Å²) in [5, 5.41) is 10.2. The van der Waals surface area contributed by atoms with Crippen molar-refractivity contribution in [2.45, 2.75) is 52.1 Å². The maximum Gasteiger partial charge on any atom is 0.0596 e. The Hall–Kier alpha value is -0.0400. The monoisotopic (exact) mass is 194 g/mol. The van der Waals surface area contributed by atoms with Crippen molar-refractivity contribution in [1.82, 2.24) is 0 Å². The lowest BCUT2D eigenvalue weighted by Gasteiger charge is -2.45. The van der Waals surface area contributed by atoms with Gasteiger partial charge in [0.2, 0.25) is 0 Å². The molecule has 1 heteroatoms. The van der Waals surface area contributed by atoms with Gasteiger partial charge in [-0.2, -0.15) is 0 Å². The first-order valence-electron chi connectivity index (χ1n) is 6.33. The number of fused-ring (bicyclic) bond motifs is 1. The summed E-state index contributed by atoms with van der Waals surface area (Å²) in [7, 11) is 0. The molecule has 0 unspecified atom stereocenters. The fourth-order valence-corrected chi connectivity index (χ4v) is 5.05. The maximum absolute atomic E-state index is 10.2. The van der Waals surface area contributed by atoms with Gasteiger partial charge in [0, 0.05) is 0 Å². The molecule has 6 atom stereocenters. The molecule has 0 aromatic carbocycles. The molecule has 3 saturated carbocycles. The zero-order valence-corrected chi connectivity index (χ0v) is 9.37. The Morgan fingerprint density at radius 3 is 2.71 bits per heavy atom. The maximum atomic E-state index is 10.2. The molecular formula is C13H22O. The standard InChI is InChI=1S/C13H22O/c1-8-3-4-11-9(2)12(14)10-5-6-13(8,11)7-10/h8-12,14H,3-7H2,1-2H3/t8-,9-,10+,11+,12+,13-/m1/s1. The molecule has 0 heterocycles. The quantitative estimate of drug-likeness (QED) is 0.628. The van der Waals surface area contributed by atoms with Crippen LogP contribution >= 0.6 is 0 Å².